The summed E-state index contributed by atoms with van der Waals surface area (Å²) >= 11 is 3.33. The third-order valence-corrected chi connectivity index (χ3v) is 4.26. The predicted molar refractivity (Wildman–Crippen MR) is 104 cm³/mol. The van der Waals surface area contributed by atoms with Crippen LogP contribution in [0, 0.1) is 17.1 Å². The molecule has 1 N–H and O–H groups in total. The Balaban J connectivity index is 2.13. The van der Waals surface area contributed by atoms with E-state index in [9.17, 15) is 14.0 Å². The minimum absolute atomic E-state index is 0.105. The lowest BCUT2D eigenvalue weighted by Gasteiger charge is -2.11. The molecule has 0 saturated carbocycles. The zero-order chi connectivity index (χ0) is 21.4. The number of halogens is 2. The van der Waals surface area contributed by atoms with E-state index in [1.54, 1.807) is 18.2 Å². The van der Waals surface area contributed by atoms with Crippen LogP contribution >= 0.6 is 15.9 Å². The number of hydrogen-bond acceptors (Lipinski definition) is 7. The van der Waals surface area contributed by atoms with Crippen molar-refractivity contribution in [1.29, 1.82) is 5.26 Å². The van der Waals surface area contributed by atoms with Crippen LogP contribution in [0.4, 0.5) is 4.39 Å². The maximum absolute atomic E-state index is 13.9. The number of ether oxygens (including phenoxy) is 3. The lowest BCUT2D eigenvalue weighted by molar-refractivity contribution is -0.142. The van der Waals surface area contributed by atoms with Gasteiger partial charge in [0.15, 0.2) is 18.1 Å². The molecule has 2 aromatic rings. The van der Waals surface area contributed by atoms with Crippen molar-refractivity contribution in [1.82, 2.24) is 5.43 Å². The summed E-state index contributed by atoms with van der Waals surface area (Å²) in [5.41, 5.74) is 2.59. The molecule has 0 aliphatic carbocycles. The number of carbonyl (C=O) groups is 2. The van der Waals surface area contributed by atoms with Gasteiger partial charge in [-0.1, -0.05) is 0 Å². The van der Waals surface area contributed by atoms with Crippen molar-refractivity contribution >= 4 is 34.0 Å². The van der Waals surface area contributed by atoms with Crippen molar-refractivity contribution in [2.45, 2.75) is 0 Å². The van der Waals surface area contributed by atoms with Crippen LogP contribution in [0.1, 0.15) is 21.5 Å². The van der Waals surface area contributed by atoms with Gasteiger partial charge in [0, 0.05) is 10.0 Å². The Labute approximate surface area is 174 Å². The van der Waals surface area contributed by atoms with Gasteiger partial charge in [-0.3, -0.25) is 4.79 Å². The van der Waals surface area contributed by atoms with Gasteiger partial charge in [-0.25, -0.2) is 14.6 Å². The van der Waals surface area contributed by atoms with Crippen molar-refractivity contribution in [3.63, 3.8) is 0 Å². The Morgan fingerprint density at radius 1 is 1.28 bits per heavy atom. The molecule has 0 bridgehead atoms. The van der Waals surface area contributed by atoms with Crippen molar-refractivity contribution < 1.29 is 28.2 Å². The van der Waals surface area contributed by atoms with Crippen LogP contribution in [0.5, 0.6) is 11.5 Å². The number of amides is 1. The Kier molecular flexibility index (Phi) is 7.68. The van der Waals surface area contributed by atoms with E-state index in [-0.39, 0.29) is 17.7 Å². The molecule has 29 heavy (non-hydrogen) atoms. The fourth-order valence-electron chi connectivity index (χ4n) is 2.11. The first-order valence-corrected chi connectivity index (χ1v) is 8.79. The molecule has 0 saturated heterocycles. The molecule has 0 aliphatic rings. The van der Waals surface area contributed by atoms with Gasteiger partial charge in [-0.15, -0.1) is 0 Å². The van der Waals surface area contributed by atoms with Gasteiger partial charge < -0.3 is 14.2 Å². The Morgan fingerprint density at radius 2 is 2.03 bits per heavy atom. The molecule has 0 heterocycles. The fraction of sp³-hybridized carbons (Fsp3) is 0.158. The van der Waals surface area contributed by atoms with Crippen molar-refractivity contribution in [3.8, 4) is 17.6 Å². The molecule has 2 rings (SSSR count). The van der Waals surface area contributed by atoms with E-state index in [2.05, 4.69) is 31.2 Å². The second-order valence-corrected chi connectivity index (χ2v) is 6.25. The van der Waals surface area contributed by atoms with Crippen LogP contribution in [0.15, 0.2) is 39.9 Å². The molecule has 10 heteroatoms. The van der Waals surface area contributed by atoms with Gasteiger partial charge in [0.1, 0.15) is 5.82 Å². The standard InChI is InChI=1S/C19H15BrFN3O5/c1-27-16-6-12(14(20)7-17(16)29-10-18(25)28-2)9-23-24-19(26)13-4-3-11(8-22)5-15(13)21/h3-7,9H,10H2,1-2H3,(H,24,26)/b23-9-. The number of esters is 1. The number of nitriles is 1. The maximum Gasteiger partial charge on any atom is 0.343 e. The number of nitrogens with zero attached hydrogens (tertiary/aromatic N) is 2. The second-order valence-electron chi connectivity index (χ2n) is 5.39. The zero-order valence-electron chi connectivity index (χ0n) is 15.4. The molecule has 0 unspecified atom stereocenters. The molecule has 150 valence electrons. The highest BCUT2D eigenvalue weighted by Gasteiger charge is 2.13. The highest BCUT2D eigenvalue weighted by molar-refractivity contribution is 9.10. The van der Waals surface area contributed by atoms with Gasteiger partial charge in [0.25, 0.3) is 5.91 Å². The van der Waals surface area contributed by atoms with Crippen molar-refractivity contribution in [2.24, 2.45) is 5.10 Å². The third-order valence-electron chi connectivity index (χ3n) is 3.57. The quantitative estimate of drug-likeness (QED) is 0.384. The lowest BCUT2D eigenvalue weighted by Crippen LogP contribution is -2.19. The number of hydrazone groups is 1. The molecule has 0 aliphatic heterocycles. The van der Waals surface area contributed by atoms with E-state index >= 15 is 0 Å². The van der Waals surface area contributed by atoms with Gasteiger partial charge >= 0.3 is 5.97 Å². The smallest absolute Gasteiger partial charge is 0.343 e. The minimum Gasteiger partial charge on any atom is -0.493 e. The van der Waals surface area contributed by atoms with Crippen LogP contribution in [0.25, 0.3) is 0 Å². The van der Waals surface area contributed by atoms with Gasteiger partial charge in [-0.05, 0) is 46.3 Å². The molecule has 0 radical (unpaired) electrons. The van der Waals surface area contributed by atoms with E-state index in [0.717, 1.165) is 6.07 Å². The zero-order valence-corrected chi connectivity index (χ0v) is 16.9. The summed E-state index contributed by atoms with van der Waals surface area (Å²) in [5.74, 6) is -1.53. The molecule has 0 spiro atoms. The number of rotatable bonds is 7. The summed E-state index contributed by atoms with van der Waals surface area (Å²) in [7, 11) is 2.67. The fourth-order valence-corrected chi connectivity index (χ4v) is 2.53. The first kappa shape index (κ1) is 21.8. The van der Waals surface area contributed by atoms with Crippen LogP contribution in [-0.4, -0.2) is 38.9 Å². The molecule has 0 fully saturated rings. The van der Waals surface area contributed by atoms with Crippen LogP contribution in [-0.2, 0) is 9.53 Å². The third kappa shape index (κ3) is 5.76. The molecule has 0 aromatic heterocycles. The first-order chi connectivity index (χ1) is 13.9. The maximum atomic E-state index is 13.9. The summed E-state index contributed by atoms with van der Waals surface area (Å²) in [4.78, 5) is 23.3. The largest absolute Gasteiger partial charge is 0.493 e. The molecule has 1 amide bonds. The van der Waals surface area contributed by atoms with E-state index in [0.29, 0.717) is 21.5 Å². The normalized spacial score (nSPS) is 10.3. The summed E-state index contributed by atoms with van der Waals surface area (Å²) in [6, 6.07) is 8.40. The van der Waals surface area contributed by atoms with Gasteiger partial charge in [0.2, 0.25) is 0 Å². The average molecular weight is 464 g/mol. The molecule has 0 atom stereocenters. The molecular formula is C19H15BrFN3O5. The number of benzene rings is 2. The second kappa shape index (κ2) is 10.2. The van der Waals surface area contributed by atoms with Crippen LogP contribution < -0.4 is 14.9 Å². The monoisotopic (exact) mass is 463 g/mol. The number of carbonyl (C=O) groups excluding carboxylic acids is 2. The Morgan fingerprint density at radius 3 is 2.66 bits per heavy atom. The van der Waals surface area contributed by atoms with Gasteiger partial charge in [-0.2, -0.15) is 10.4 Å². The predicted octanol–water partition coefficient (Wildman–Crippen LogP) is 2.78. The topological polar surface area (TPSA) is 110 Å². The summed E-state index contributed by atoms with van der Waals surface area (Å²) < 4.78 is 29.5. The van der Waals surface area contributed by atoms with E-state index in [1.807, 2.05) is 0 Å². The van der Waals surface area contributed by atoms with E-state index in [1.165, 1.54) is 32.6 Å². The summed E-state index contributed by atoms with van der Waals surface area (Å²) in [5, 5.41) is 12.5. The van der Waals surface area contributed by atoms with Crippen molar-refractivity contribution in [3.05, 3.63) is 57.3 Å². The summed E-state index contributed by atoms with van der Waals surface area (Å²) in [6.45, 7) is -0.293. The SMILES string of the molecule is COC(=O)COc1cc(Br)c(/C=N\NC(=O)c2ccc(C#N)cc2F)cc1OC. The van der Waals surface area contributed by atoms with Crippen LogP contribution in [0.2, 0.25) is 0 Å². The highest BCUT2D eigenvalue weighted by atomic mass is 79.9. The number of hydrogen-bond donors (Lipinski definition) is 1. The highest BCUT2D eigenvalue weighted by Crippen LogP contribution is 2.33. The van der Waals surface area contributed by atoms with Gasteiger partial charge in [0.05, 0.1) is 37.6 Å². The van der Waals surface area contributed by atoms with E-state index < -0.39 is 17.7 Å². The van der Waals surface area contributed by atoms with Crippen LogP contribution in [0.3, 0.4) is 0 Å². The average Bonchev–Trinajstić information content (AvgIpc) is 2.72. The molecule has 8 nitrogen and oxygen atoms in total. The Bertz CT molecular complexity index is 1000. The lowest BCUT2D eigenvalue weighted by atomic mass is 10.1. The number of nitrogens with one attached hydrogen (secondary N) is 1. The first-order valence-electron chi connectivity index (χ1n) is 7.99. The van der Waals surface area contributed by atoms with E-state index in [4.69, 9.17) is 14.7 Å². The molecular weight excluding hydrogens is 449 g/mol. The van der Waals surface area contributed by atoms with Crippen molar-refractivity contribution in [2.75, 3.05) is 20.8 Å². The Hall–Kier alpha value is -3.45. The summed E-state index contributed by atoms with van der Waals surface area (Å²) in [6.07, 6.45) is 1.32. The molecule has 2 aromatic carbocycles. The minimum atomic E-state index is -0.827. The number of methoxy groups -OCH3 is 2.